The average Bonchev–Trinajstić information content (AvgIpc) is 2.92. The van der Waals surface area contributed by atoms with Crippen molar-refractivity contribution in [3.05, 3.63) is 51.9 Å². The summed E-state index contributed by atoms with van der Waals surface area (Å²) in [7, 11) is -3.62. The molecule has 1 aromatic heterocycles. The van der Waals surface area contributed by atoms with Gasteiger partial charge in [0.2, 0.25) is 10.0 Å². The van der Waals surface area contributed by atoms with Crippen LogP contribution in [0.1, 0.15) is 16.9 Å². The first-order valence-corrected chi connectivity index (χ1v) is 8.23. The largest absolute Gasteiger partial charge is 0.468 e. The second-order valence-electron chi connectivity index (χ2n) is 4.31. The fourth-order valence-corrected chi connectivity index (χ4v) is 3.71. The number of halogens is 1. The molecule has 0 aliphatic carbocycles. The Bertz CT molecular complexity index is 697. The highest BCUT2D eigenvalue weighted by Crippen LogP contribution is 2.25. The zero-order valence-electron chi connectivity index (χ0n) is 10.9. The van der Waals surface area contributed by atoms with Crippen molar-refractivity contribution < 1.29 is 12.8 Å². The van der Waals surface area contributed by atoms with Crippen LogP contribution in [0, 0.1) is 6.92 Å². The van der Waals surface area contributed by atoms with Gasteiger partial charge in [0.15, 0.2) is 0 Å². The van der Waals surface area contributed by atoms with E-state index in [1.807, 2.05) is 6.07 Å². The molecule has 0 saturated heterocycles. The van der Waals surface area contributed by atoms with E-state index in [0.29, 0.717) is 11.3 Å². The lowest BCUT2D eigenvalue weighted by Crippen LogP contribution is -2.24. The standard InChI is InChI=1S/C13H15BrN2O3S/c1-9-12(14)5-10(7-15)6-13(9)20(17,18)16-8-11-3-2-4-19-11/h2-6,16H,7-8,15H2,1H3. The van der Waals surface area contributed by atoms with Gasteiger partial charge in [-0.1, -0.05) is 15.9 Å². The van der Waals surface area contributed by atoms with E-state index >= 15 is 0 Å². The van der Waals surface area contributed by atoms with Crippen molar-refractivity contribution in [1.29, 1.82) is 0 Å². The smallest absolute Gasteiger partial charge is 0.241 e. The second-order valence-corrected chi connectivity index (χ2v) is 6.90. The maximum atomic E-state index is 12.4. The van der Waals surface area contributed by atoms with Gasteiger partial charge >= 0.3 is 0 Å². The summed E-state index contributed by atoms with van der Waals surface area (Å²) in [5, 5.41) is 0. The summed E-state index contributed by atoms with van der Waals surface area (Å²) in [4.78, 5) is 0.221. The fraction of sp³-hybridized carbons (Fsp3) is 0.231. The molecule has 108 valence electrons. The summed E-state index contributed by atoms with van der Waals surface area (Å²) in [6.45, 7) is 2.13. The van der Waals surface area contributed by atoms with Crippen molar-refractivity contribution in [2.75, 3.05) is 0 Å². The molecule has 0 saturated carbocycles. The van der Waals surface area contributed by atoms with E-state index in [4.69, 9.17) is 10.2 Å². The van der Waals surface area contributed by atoms with E-state index in [2.05, 4.69) is 20.7 Å². The lowest BCUT2D eigenvalue weighted by molar-refractivity contribution is 0.498. The monoisotopic (exact) mass is 358 g/mol. The van der Waals surface area contributed by atoms with Crippen LogP contribution < -0.4 is 10.5 Å². The highest BCUT2D eigenvalue weighted by atomic mass is 79.9. The summed E-state index contributed by atoms with van der Waals surface area (Å²) >= 11 is 3.35. The quantitative estimate of drug-likeness (QED) is 0.858. The first kappa shape index (κ1) is 15.2. The Labute approximate surface area is 126 Å². The molecule has 2 rings (SSSR count). The van der Waals surface area contributed by atoms with E-state index < -0.39 is 10.0 Å². The topological polar surface area (TPSA) is 85.3 Å². The predicted octanol–water partition coefficient (Wildman–Crippen LogP) is 2.29. The van der Waals surface area contributed by atoms with Crippen molar-refractivity contribution >= 4 is 26.0 Å². The minimum absolute atomic E-state index is 0.110. The summed E-state index contributed by atoms with van der Waals surface area (Å²) in [5.74, 6) is 0.556. The van der Waals surface area contributed by atoms with Gasteiger partial charge in [0.25, 0.3) is 0 Å². The zero-order chi connectivity index (χ0) is 14.8. The lowest BCUT2D eigenvalue weighted by atomic mass is 10.1. The average molecular weight is 359 g/mol. The molecule has 0 unspecified atom stereocenters. The number of hydrogen-bond acceptors (Lipinski definition) is 4. The Balaban J connectivity index is 2.31. The summed E-state index contributed by atoms with van der Waals surface area (Å²) in [6, 6.07) is 6.83. The van der Waals surface area contributed by atoms with Crippen LogP contribution in [0.3, 0.4) is 0 Å². The zero-order valence-corrected chi connectivity index (χ0v) is 13.3. The highest BCUT2D eigenvalue weighted by Gasteiger charge is 2.19. The van der Waals surface area contributed by atoms with E-state index in [9.17, 15) is 8.42 Å². The van der Waals surface area contributed by atoms with Crippen LogP contribution in [0.15, 0.2) is 44.3 Å². The van der Waals surface area contributed by atoms with Crippen LogP contribution in [0.25, 0.3) is 0 Å². The Morgan fingerprint density at radius 1 is 1.40 bits per heavy atom. The third-order valence-electron chi connectivity index (χ3n) is 2.90. The molecule has 2 aromatic rings. The van der Waals surface area contributed by atoms with Crippen LogP contribution >= 0.6 is 15.9 Å². The van der Waals surface area contributed by atoms with E-state index in [1.165, 1.54) is 6.26 Å². The number of rotatable bonds is 5. The minimum Gasteiger partial charge on any atom is -0.468 e. The molecule has 0 fully saturated rings. The lowest BCUT2D eigenvalue weighted by Gasteiger charge is -2.12. The Kier molecular flexibility index (Phi) is 4.64. The van der Waals surface area contributed by atoms with Gasteiger partial charge in [0.05, 0.1) is 17.7 Å². The van der Waals surface area contributed by atoms with E-state index in [-0.39, 0.29) is 18.0 Å². The van der Waals surface area contributed by atoms with Crippen molar-refractivity contribution in [2.45, 2.75) is 24.9 Å². The molecule has 0 aliphatic rings. The van der Waals surface area contributed by atoms with Crippen molar-refractivity contribution in [1.82, 2.24) is 4.72 Å². The fourth-order valence-electron chi connectivity index (χ4n) is 1.76. The van der Waals surface area contributed by atoms with Gasteiger partial charge in [-0.15, -0.1) is 0 Å². The first-order valence-electron chi connectivity index (χ1n) is 5.95. The van der Waals surface area contributed by atoms with Gasteiger partial charge in [-0.3, -0.25) is 0 Å². The van der Waals surface area contributed by atoms with E-state index in [1.54, 1.807) is 25.1 Å². The first-order chi connectivity index (χ1) is 9.44. The molecule has 1 heterocycles. The third-order valence-corrected chi connectivity index (χ3v) is 5.25. The molecule has 5 nitrogen and oxygen atoms in total. The molecule has 0 amide bonds. The number of nitrogens with two attached hydrogens (primary N) is 1. The predicted molar refractivity (Wildman–Crippen MR) is 79.5 cm³/mol. The number of benzene rings is 1. The second kappa shape index (κ2) is 6.09. The van der Waals surface area contributed by atoms with Crippen LogP contribution in [0.4, 0.5) is 0 Å². The molecule has 1 aromatic carbocycles. The third kappa shape index (κ3) is 3.29. The molecular weight excluding hydrogens is 344 g/mol. The number of nitrogens with one attached hydrogen (secondary N) is 1. The highest BCUT2D eigenvalue weighted by molar-refractivity contribution is 9.10. The van der Waals surface area contributed by atoms with Crippen molar-refractivity contribution in [3.8, 4) is 0 Å². The van der Waals surface area contributed by atoms with Crippen molar-refractivity contribution in [3.63, 3.8) is 0 Å². The van der Waals surface area contributed by atoms with Crippen LogP contribution in [-0.2, 0) is 23.1 Å². The van der Waals surface area contributed by atoms with Gasteiger partial charge in [0, 0.05) is 11.0 Å². The maximum absolute atomic E-state index is 12.4. The molecule has 0 bridgehead atoms. The van der Waals surface area contributed by atoms with E-state index in [0.717, 1.165) is 10.0 Å². The molecule has 7 heteroatoms. The summed E-state index contributed by atoms with van der Waals surface area (Å²) in [6.07, 6.45) is 1.50. The van der Waals surface area contributed by atoms with Crippen molar-refractivity contribution in [2.24, 2.45) is 5.73 Å². The van der Waals surface area contributed by atoms with Gasteiger partial charge in [-0.25, -0.2) is 13.1 Å². The molecule has 20 heavy (non-hydrogen) atoms. The number of hydrogen-bond donors (Lipinski definition) is 2. The summed E-state index contributed by atoms with van der Waals surface area (Å²) in [5.41, 5.74) is 6.98. The molecule has 0 atom stereocenters. The number of furan rings is 1. The van der Waals surface area contributed by atoms with Gasteiger partial charge in [-0.05, 0) is 42.3 Å². The normalized spacial score (nSPS) is 11.8. The SMILES string of the molecule is Cc1c(Br)cc(CN)cc1S(=O)(=O)NCc1ccco1. The molecule has 0 aliphatic heterocycles. The molecule has 3 N–H and O–H groups in total. The number of sulfonamides is 1. The summed E-state index contributed by atoms with van der Waals surface area (Å²) < 4.78 is 33.1. The Morgan fingerprint density at radius 2 is 2.15 bits per heavy atom. The Hall–Kier alpha value is -1.15. The van der Waals surface area contributed by atoms with Crippen LogP contribution in [0.2, 0.25) is 0 Å². The maximum Gasteiger partial charge on any atom is 0.241 e. The molecule has 0 radical (unpaired) electrons. The Morgan fingerprint density at radius 3 is 2.75 bits per heavy atom. The van der Waals surface area contributed by atoms with Gasteiger partial charge in [0.1, 0.15) is 5.76 Å². The van der Waals surface area contributed by atoms with Gasteiger partial charge < -0.3 is 10.2 Å². The minimum atomic E-state index is -3.62. The van der Waals surface area contributed by atoms with Crippen LogP contribution in [-0.4, -0.2) is 8.42 Å². The molecule has 0 spiro atoms. The van der Waals surface area contributed by atoms with Crippen LogP contribution in [0.5, 0.6) is 0 Å². The molecular formula is C13H15BrN2O3S. The van der Waals surface area contributed by atoms with Gasteiger partial charge in [-0.2, -0.15) is 0 Å².